The summed E-state index contributed by atoms with van der Waals surface area (Å²) in [6.07, 6.45) is 3.88. The van der Waals surface area contributed by atoms with E-state index in [0.29, 0.717) is 17.5 Å². The molecule has 0 saturated carbocycles. The lowest BCUT2D eigenvalue weighted by Crippen LogP contribution is -2.01. The van der Waals surface area contributed by atoms with Gasteiger partial charge in [0.05, 0.1) is 11.4 Å². The van der Waals surface area contributed by atoms with Gasteiger partial charge in [-0.2, -0.15) is 0 Å². The number of hydrogen-bond acceptors (Lipinski definition) is 5. The molecule has 3 aromatic heterocycles. The molecular weight excluding hydrogens is 779 g/mol. The standard InChI is InChI=1S/C59H37N5/c1-3-11-44-29-48(27-21-38(44)9-1)40-17-23-42(24-18-40)57-62-58(43-25-19-41(20-26-43)49-28-22-39-10-2-4-12-45(39)30-49)64-59(63-57)54-32-52(55-34-46-13-5-7-15-50(46)36-60-55)31-53(33-54)56-35-47-14-6-8-16-51(47)37-61-56/h1-37H. The summed E-state index contributed by atoms with van der Waals surface area (Å²) >= 11 is 0. The van der Waals surface area contributed by atoms with Crippen LogP contribution < -0.4 is 0 Å². The van der Waals surface area contributed by atoms with E-state index in [2.05, 4.69) is 200 Å². The van der Waals surface area contributed by atoms with Crippen LogP contribution in [-0.4, -0.2) is 24.9 Å². The molecule has 9 aromatic carbocycles. The van der Waals surface area contributed by atoms with Crippen molar-refractivity contribution in [1.29, 1.82) is 0 Å². The van der Waals surface area contributed by atoms with Gasteiger partial charge in [-0.25, -0.2) is 15.0 Å². The van der Waals surface area contributed by atoms with Crippen LogP contribution in [0.5, 0.6) is 0 Å². The third-order valence-corrected chi connectivity index (χ3v) is 12.1. The number of benzene rings is 9. The van der Waals surface area contributed by atoms with Crippen molar-refractivity contribution in [2.24, 2.45) is 0 Å². The number of aromatic nitrogens is 5. The number of pyridine rings is 2. The van der Waals surface area contributed by atoms with Crippen LogP contribution in [0.2, 0.25) is 0 Å². The topological polar surface area (TPSA) is 64.5 Å². The fourth-order valence-electron chi connectivity index (χ4n) is 8.66. The minimum absolute atomic E-state index is 0.557. The van der Waals surface area contributed by atoms with Crippen LogP contribution in [0.3, 0.4) is 0 Å². The minimum Gasteiger partial charge on any atom is -0.256 e. The molecule has 12 rings (SSSR count). The molecule has 0 radical (unpaired) electrons. The first-order valence-electron chi connectivity index (χ1n) is 21.4. The highest BCUT2D eigenvalue weighted by Gasteiger charge is 2.17. The van der Waals surface area contributed by atoms with Crippen molar-refractivity contribution in [2.75, 3.05) is 0 Å². The highest BCUT2D eigenvalue weighted by molar-refractivity contribution is 5.91. The van der Waals surface area contributed by atoms with Gasteiger partial charge in [0.15, 0.2) is 17.5 Å². The minimum atomic E-state index is 0.557. The van der Waals surface area contributed by atoms with Crippen LogP contribution in [0.1, 0.15) is 0 Å². The quantitative estimate of drug-likeness (QED) is 0.160. The summed E-state index contributed by atoms with van der Waals surface area (Å²) in [6, 6.07) is 74.5. The van der Waals surface area contributed by atoms with Gasteiger partial charge in [0.1, 0.15) is 0 Å². The van der Waals surface area contributed by atoms with Crippen LogP contribution in [0, 0.1) is 0 Å². The van der Waals surface area contributed by atoms with Gasteiger partial charge in [-0.05, 0) is 97.0 Å². The van der Waals surface area contributed by atoms with Gasteiger partial charge >= 0.3 is 0 Å². The Morgan fingerprint density at radius 2 is 0.516 bits per heavy atom. The summed E-state index contributed by atoms with van der Waals surface area (Å²) in [4.78, 5) is 25.6. The Kier molecular flexibility index (Phi) is 9.08. The predicted molar refractivity (Wildman–Crippen MR) is 263 cm³/mol. The molecule has 0 aliphatic rings. The molecule has 0 unspecified atom stereocenters. The zero-order valence-corrected chi connectivity index (χ0v) is 34.6. The number of rotatable bonds is 7. The molecule has 64 heavy (non-hydrogen) atoms. The van der Waals surface area contributed by atoms with Crippen molar-refractivity contribution in [3.8, 4) is 78.9 Å². The summed E-state index contributed by atoms with van der Waals surface area (Å²) in [5, 5.41) is 9.27. The molecule has 12 aromatic rings. The van der Waals surface area contributed by atoms with Crippen LogP contribution >= 0.6 is 0 Å². The number of fused-ring (bicyclic) bond motifs is 4. The van der Waals surface area contributed by atoms with Crippen LogP contribution in [0.4, 0.5) is 0 Å². The molecule has 0 aliphatic heterocycles. The summed E-state index contributed by atoms with van der Waals surface area (Å²) in [5.74, 6) is 1.73. The largest absolute Gasteiger partial charge is 0.256 e. The van der Waals surface area contributed by atoms with Gasteiger partial charge in [-0.3, -0.25) is 9.97 Å². The van der Waals surface area contributed by atoms with E-state index in [1.165, 1.54) is 21.5 Å². The van der Waals surface area contributed by atoms with E-state index in [4.69, 9.17) is 24.9 Å². The van der Waals surface area contributed by atoms with Crippen molar-refractivity contribution in [3.63, 3.8) is 0 Å². The first-order valence-corrected chi connectivity index (χ1v) is 21.4. The van der Waals surface area contributed by atoms with Gasteiger partial charge in [0.25, 0.3) is 0 Å². The summed E-state index contributed by atoms with van der Waals surface area (Å²) < 4.78 is 0. The molecular formula is C59H37N5. The van der Waals surface area contributed by atoms with Gasteiger partial charge in [-0.15, -0.1) is 0 Å². The molecule has 0 N–H and O–H groups in total. The number of nitrogens with zero attached hydrogens (tertiary/aromatic N) is 5. The smallest absolute Gasteiger partial charge is 0.164 e. The Morgan fingerprint density at radius 1 is 0.203 bits per heavy atom. The molecule has 0 amide bonds. The van der Waals surface area contributed by atoms with E-state index < -0.39 is 0 Å². The second-order valence-electron chi connectivity index (χ2n) is 16.2. The monoisotopic (exact) mass is 815 g/mol. The highest BCUT2D eigenvalue weighted by Crippen LogP contribution is 2.35. The fraction of sp³-hybridized carbons (Fsp3) is 0. The first kappa shape index (κ1) is 37.1. The molecule has 3 heterocycles. The Morgan fingerprint density at radius 3 is 0.938 bits per heavy atom. The average molecular weight is 816 g/mol. The molecule has 5 heteroatoms. The van der Waals surface area contributed by atoms with E-state index in [0.717, 1.165) is 83.0 Å². The summed E-state index contributed by atoms with van der Waals surface area (Å²) in [5.41, 5.74) is 10.8. The zero-order valence-electron chi connectivity index (χ0n) is 34.6. The van der Waals surface area contributed by atoms with Crippen molar-refractivity contribution in [3.05, 3.63) is 225 Å². The summed E-state index contributed by atoms with van der Waals surface area (Å²) in [6.45, 7) is 0. The lowest BCUT2D eigenvalue weighted by Gasteiger charge is -2.13. The molecule has 0 aliphatic carbocycles. The van der Waals surface area contributed by atoms with E-state index in [1.807, 2.05) is 24.5 Å². The van der Waals surface area contributed by atoms with Crippen LogP contribution in [0.25, 0.3) is 122 Å². The van der Waals surface area contributed by atoms with Crippen molar-refractivity contribution in [2.45, 2.75) is 0 Å². The van der Waals surface area contributed by atoms with Crippen molar-refractivity contribution < 1.29 is 0 Å². The Balaban J connectivity index is 1.01. The molecule has 0 bridgehead atoms. The predicted octanol–water partition coefficient (Wildman–Crippen LogP) is 14.9. The van der Waals surface area contributed by atoms with E-state index in [9.17, 15) is 0 Å². The van der Waals surface area contributed by atoms with Gasteiger partial charge in [0.2, 0.25) is 0 Å². The van der Waals surface area contributed by atoms with Gasteiger partial charge < -0.3 is 0 Å². The maximum atomic E-state index is 5.24. The maximum Gasteiger partial charge on any atom is 0.164 e. The van der Waals surface area contributed by atoms with E-state index in [-0.39, 0.29) is 0 Å². The maximum absolute atomic E-state index is 5.24. The first-order chi connectivity index (χ1) is 31.6. The molecule has 0 spiro atoms. The zero-order chi connectivity index (χ0) is 42.4. The molecule has 298 valence electrons. The number of hydrogen-bond donors (Lipinski definition) is 0. The molecule has 0 fully saturated rings. The van der Waals surface area contributed by atoms with Crippen molar-refractivity contribution >= 4 is 43.1 Å². The average Bonchev–Trinajstić information content (AvgIpc) is 3.38. The van der Waals surface area contributed by atoms with Gasteiger partial charge in [0, 0.05) is 51.0 Å². The van der Waals surface area contributed by atoms with Crippen LogP contribution in [0.15, 0.2) is 225 Å². The molecule has 0 saturated heterocycles. The molecule has 5 nitrogen and oxygen atoms in total. The van der Waals surface area contributed by atoms with Crippen molar-refractivity contribution in [1.82, 2.24) is 24.9 Å². The second kappa shape index (κ2) is 15.7. The Bertz CT molecular complexity index is 3490. The van der Waals surface area contributed by atoms with Gasteiger partial charge in [-0.1, -0.05) is 170 Å². The summed E-state index contributed by atoms with van der Waals surface area (Å²) in [7, 11) is 0. The third kappa shape index (κ3) is 7.11. The van der Waals surface area contributed by atoms with E-state index >= 15 is 0 Å². The Hall–Kier alpha value is -8.67. The lowest BCUT2D eigenvalue weighted by atomic mass is 9.98. The fourth-order valence-corrected chi connectivity index (χ4v) is 8.66. The normalized spacial score (nSPS) is 11.4. The lowest BCUT2D eigenvalue weighted by molar-refractivity contribution is 1.07. The third-order valence-electron chi connectivity index (χ3n) is 12.1. The second-order valence-corrected chi connectivity index (χ2v) is 16.2. The molecule has 0 atom stereocenters. The Labute approximate surface area is 370 Å². The van der Waals surface area contributed by atoms with Crippen LogP contribution in [-0.2, 0) is 0 Å². The SMILES string of the molecule is c1ccc2cc(-c3ccc(-c4nc(-c5ccc(-c6ccc7ccccc7c6)cc5)nc(-c5cc(-c6cc7ccccc7cn6)cc(-c6cc7ccccc7cn6)c5)n4)cc3)ccc2c1. The van der Waals surface area contributed by atoms with E-state index in [1.54, 1.807) is 0 Å². The highest BCUT2D eigenvalue weighted by atomic mass is 15.0.